The van der Waals surface area contributed by atoms with Gasteiger partial charge in [-0.3, -0.25) is 14.1 Å². The van der Waals surface area contributed by atoms with Gasteiger partial charge < -0.3 is 9.47 Å². The number of rotatable bonds is 7. The van der Waals surface area contributed by atoms with Gasteiger partial charge >= 0.3 is 0 Å². The fourth-order valence-electron chi connectivity index (χ4n) is 2.71. The summed E-state index contributed by atoms with van der Waals surface area (Å²) in [5.74, 6) is 1.43. The van der Waals surface area contributed by atoms with Gasteiger partial charge in [0.25, 0.3) is 5.56 Å². The zero-order chi connectivity index (χ0) is 17.8. The summed E-state index contributed by atoms with van der Waals surface area (Å²) in [5, 5.41) is 1.87. The molecule has 0 aliphatic rings. The predicted molar refractivity (Wildman–Crippen MR) is 98.7 cm³/mol. The summed E-state index contributed by atoms with van der Waals surface area (Å²) < 4.78 is 12.2. The highest BCUT2D eigenvalue weighted by Gasteiger charge is 2.11. The van der Waals surface area contributed by atoms with E-state index in [9.17, 15) is 4.79 Å². The average Bonchev–Trinajstić information content (AvgIpc) is 3.10. The Hall–Kier alpha value is -2.38. The molecule has 0 bridgehead atoms. The van der Waals surface area contributed by atoms with Crippen molar-refractivity contribution in [2.45, 2.75) is 20.0 Å². The molecule has 132 valence electrons. The van der Waals surface area contributed by atoms with E-state index >= 15 is 0 Å². The zero-order valence-electron chi connectivity index (χ0n) is 14.6. The summed E-state index contributed by atoms with van der Waals surface area (Å²) >= 11 is 1.47. The van der Waals surface area contributed by atoms with Crippen LogP contribution in [0.5, 0.6) is 11.5 Å². The van der Waals surface area contributed by atoms with Crippen LogP contribution in [0.1, 0.15) is 18.2 Å². The molecule has 0 radical (unpaired) electrons. The number of benzene rings is 1. The molecule has 0 atom stereocenters. The first-order valence-electron chi connectivity index (χ1n) is 8.03. The van der Waals surface area contributed by atoms with E-state index in [1.54, 1.807) is 30.9 Å². The number of thiazole rings is 1. The number of methoxy groups -OCH3 is 2. The summed E-state index contributed by atoms with van der Waals surface area (Å²) in [4.78, 5) is 19.7. The van der Waals surface area contributed by atoms with Crippen LogP contribution in [0.4, 0.5) is 0 Å². The summed E-state index contributed by atoms with van der Waals surface area (Å²) in [7, 11) is 3.26. The molecule has 2 aromatic heterocycles. The van der Waals surface area contributed by atoms with Crippen LogP contribution in [0.2, 0.25) is 0 Å². The van der Waals surface area contributed by atoms with Crippen LogP contribution in [0, 0.1) is 0 Å². The summed E-state index contributed by atoms with van der Waals surface area (Å²) in [5.41, 5.74) is 1.87. The van der Waals surface area contributed by atoms with Crippen LogP contribution in [-0.2, 0) is 13.1 Å². The van der Waals surface area contributed by atoms with Gasteiger partial charge in [-0.25, -0.2) is 4.98 Å². The topological polar surface area (TPSA) is 56.1 Å². The third-order valence-corrected chi connectivity index (χ3v) is 4.80. The van der Waals surface area contributed by atoms with Crippen molar-refractivity contribution in [3.05, 3.63) is 57.5 Å². The third kappa shape index (κ3) is 3.83. The number of ether oxygens (including phenoxy) is 2. The Bertz CT molecular complexity index is 919. The molecule has 0 amide bonds. The minimum atomic E-state index is -0.0385. The summed E-state index contributed by atoms with van der Waals surface area (Å²) in [6.45, 7) is 4.30. The van der Waals surface area contributed by atoms with Crippen molar-refractivity contribution in [1.82, 2.24) is 14.3 Å². The number of aromatic nitrogens is 2. The van der Waals surface area contributed by atoms with Gasteiger partial charge in [0.2, 0.25) is 0 Å². The highest BCUT2D eigenvalue weighted by atomic mass is 32.1. The molecule has 0 saturated carbocycles. The molecular formula is C18H21N3O3S. The second kappa shape index (κ2) is 7.67. The van der Waals surface area contributed by atoms with Gasteiger partial charge in [-0.2, -0.15) is 0 Å². The molecule has 0 unspecified atom stereocenters. The zero-order valence-corrected chi connectivity index (χ0v) is 15.4. The Kier molecular flexibility index (Phi) is 5.35. The van der Waals surface area contributed by atoms with Crippen LogP contribution < -0.4 is 15.0 Å². The van der Waals surface area contributed by atoms with Crippen LogP contribution in [0.25, 0.3) is 4.96 Å². The fraction of sp³-hybridized carbons (Fsp3) is 0.333. The molecule has 25 heavy (non-hydrogen) atoms. The van der Waals surface area contributed by atoms with Gasteiger partial charge in [0.05, 0.1) is 19.9 Å². The van der Waals surface area contributed by atoms with E-state index in [4.69, 9.17) is 9.47 Å². The van der Waals surface area contributed by atoms with Gasteiger partial charge in [0.15, 0.2) is 16.5 Å². The van der Waals surface area contributed by atoms with Crippen LogP contribution >= 0.6 is 11.3 Å². The van der Waals surface area contributed by atoms with Crippen LogP contribution in [-0.4, -0.2) is 35.0 Å². The lowest BCUT2D eigenvalue weighted by Gasteiger charge is -2.20. The lowest BCUT2D eigenvalue weighted by Crippen LogP contribution is -2.24. The predicted octanol–water partition coefficient (Wildman–Crippen LogP) is 2.80. The first kappa shape index (κ1) is 17.4. The molecule has 7 heteroatoms. The molecule has 0 aliphatic heterocycles. The summed E-state index contributed by atoms with van der Waals surface area (Å²) in [6.07, 6.45) is 1.75. The first-order chi connectivity index (χ1) is 12.1. The van der Waals surface area contributed by atoms with Crippen molar-refractivity contribution in [2.75, 3.05) is 20.8 Å². The Morgan fingerprint density at radius 2 is 1.96 bits per heavy atom. The highest BCUT2D eigenvalue weighted by Crippen LogP contribution is 2.28. The number of fused-ring (bicyclic) bond motifs is 1. The van der Waals surface area contributed by atoms with Crippen molar-refractivity contribution in [3.63, 3.8) is 0 Å². The van der Waals surface area contributed by atoms with E-state index in [2.05, 4.69) is 16.8 Å². The second-order valence-electron chi connectivity index (χ2n) is 5.63. The average molecular weight is 359 g/mol. The fourth-order valence-corrected chi connectivity index (χ4v) is 3.45. The Balaban J connectivity index is 1.79. The maximum absolute atomic E-state index is 12.1. The maximum Gasteiger partial charge on any atom is 0.258 e. The molecule has 1 aromatic carbocycles. The van der Waals surface area contributed by atoms with Crippen molar-refractivity contribution in [3.8, 4) is 11.5 Å². The maximum atomic E-state index is 12.1. The molecule has 0 fully saturated rings. The largest absolute Gasteiger partial charge is 0.493 e. The van der Waals surface area contributed by atoms with Crippen molar-refractivity contribution in [1.29, 1.82) is 0 Å². The van der Waals surface area contributed by atoms with Crippen LogP contribution in [0.15, 0.2) is 40.6 Å². The Morgan fingerprint density at radius 3 is 2.68 bits per heavy atom. The molecule has 3 aromatic rings. The van der Waals surface area contributed by atoms with Crippen LogP contribution in [0.3, 0.4) is 0 Å². The van der Waals surface area contributed by atoms with Crippen molar-refractivity contribution >= 4 is 16.3 Å². The Morgan fingerprint density at radius 1 is 1.16 bits per heavy atom. The van der Waals surface area contributed by atoms with Gasteiger partial charge in [0, 0.05) is 30.7 Å². The number of hydrogen-bond acceptors (Lipinski definition) is 6. The monoisotopic (exact) mass is 359 g/mol. The van der Waals surface area contributed by atoms with Gasteiger partial charge in [-0.15, -0.1) is 11.3 Å². The highest BCUT2D eigenvalue weighted by molar-refractivity contribution is 7.15. The van der Waals surface area contributed by atoms with E-state index in [1.165, 1.54) is 11.3 Å². The SMILES string of the molecule is CCN(Cc1ccc(OC)c(OC)c1)Cc1cc(=O)n2ccsc2n1. The van der Waals surface area contributed by atoms with Gasteiger partial charge in [-0.05, 0) is 24.2 Å². The minimum absolute atomic E-state index is 0.0385. The molecule has 3 rings (SSSR count). The third-order valence-electron chi connectivity index (χ3n) is 4.04. The normalized spacial score (nSPS) is 11.2. The molecular weight excluding hydrogens is 338 g/mol. The van der Waals surface area contributed by atoms with Gasteiger partial charge in [0.1, 0.15) is 0 Å². The van der Waals surface area contributed by atoms with E-state index in [0.29, 0.717) is 18.0 Å². The summed E-state index contributed by atoms with van der Waals surface area (Å²) in [6, 6.07) is 7.52. The number of hydrogen-bond donors (Lipinski definition) is 0. The van der Waals surface area contributed by atoms with E-state index in [0.717, 1.165) is 29.3 Å². The quantitative estimate of drug-likeness (QED) is 0.649. The van der Waals surface area contributed by atoms with E-state index < -0.39 is 0 Å². The lowest BCUT2D eigenvalue weighted by atomic mass is 10.2. The molecule has 0 N–H and O–H groups in total. The standard InChI is InChI=1S/C18H21N3O3S/c1-4-20(11-13-5-6-15(23-2)16(9-13)24-3)12-14-10-17(22)21-7-8-25-18(21)19-14/h5-10H,4,11-12H2,1-3H3. The van der Waals surface area contributed by atoms with Crippen molar-refractivity contribution < 1.29 is 9.47 Å². The molecule has 6 nitrogen and oxygen atoms in total. The van der Waals surface area contributed by atoms with E-state index in [1.807, 2.05) is 23.6 Å². The minimum Gasteiger partial charge on any atom is -0.493 e. The van der Waals surface area contributed by atoms with Gasteiger partial charge in [-0.1, -0.05) is 13.0 Å². The molecule has 0 spiro atoms. The smallest absolute Gasteiger partial charge is 0.258 e. The Labute approximate surface area is 150 Å². The second-order valence-corrected chi connectivity index (χ2v) is 6.51. The number of nitrogens with zero attached hydrogens (tertiary/aromatic N) is 3. The molecule has 2 heterocycles. The van der Waals surface area contributed by atoms with Crippen molar-refractivity contribution in [2.24, 2.45) is 0 Å². The molecule has 0 saturated heterocycles. The van der Waals surface area contributed by atoms with E-state index in [-0.39, 0.29) is 5.56 Å². The molecule has 0 aliphatic carbocycles. The lowest BCUT2D eigenvalue weighted by molar-refractivity contribution is 0.267. The first-order valence-corrected chi connectivity index (χ1v) is 8.91.